The number of rotatable bonds is 9. The van der Waals surface area contributed by atoms with Gasteiger partial charge in [0.15, 0.2) is 0 Å². The van der Waals surface area contributed by atoms with Crippen molar-refractivity contribution in [1.82, 2.24) is 0 Å². The van der Waals surface area contributed by atoms with E-state index in [1.165, 1.54) is 18.2 Å². The molecule has 0 aromatic heterocycles. The second kappa shape index (κ2) is 12.0. The number of hydrogen-bond acceptors (Lipinski definition) is 2. The third-order valence-corrected chi connectivity index (χ3v) is 11.1. The van der Waals surface area contributed by atoms with Gasteiger partial charge in [0.25, 0.3) is 0 Å². The molecule has 2 atom stereocenters. The van der Waals surface area contributed by atoms with Crippen LogP contribution in [0.2, 0.25) is 5.21 Å². The molecule has 0 aliphatic rings. The Hall–Kier alpha value is -2.93. The van der Waals surface area contributed by atoms with Crippen molar-refractivity contribution in [2.45, 2.75) is 46.9 Å². The molecule has 3 rings (SSSR count). The van der Waals surface area contributed by atoms with E-state index >= 15 is 0 Å². The summed E-state index contributed by atoms with van der Waals surface area (Å²) < 4.78 is 177. The number of ether oxygens (including phenoxy) is 1. The first kappa shape index (κ1) is 33.6. The van der Waals surface area contributed by atoms with Gasteiger partial charge in [-0.1, -0.05) is 0 Å². The van der Waals surface area contributed by atoms with Gasteiger partial charge in [0.1, 0.15) is 0 Å². The van der Waals surface area contributed by atoms with E-state index in [0.29, 0.717) is 24.3 Å². The average Bonchev–Trinajstić information content (AvgIpc) is 2.87. The Morgan fingerprint density at radius 1 is 0.619 bits per heavy atom. The molecule has 1 N–H and O–H groups in total. The Morgan fingerprint density at radius 2 is 1.10 bits per heavy atom. The van der Waals surface area contributed by atoms with Crippen LogP contribution in [0.1, 0.15) is 16.7 Å². The summed E-state index contributed by atoms with van der Waals surface area (Å²) >= 11 is -3.22. The van der Waals surface area contributed by atoms with Gasteiger partial charge in [0.05, 0.1) is 0 Å². The number of benzene rings is 3. The summed E-state index contributed by atoms with van der Waals surface area (Å²) in [6.07, 6.45) is -19.8. The van der Waals surface area contributed by atoms with E-state index in [9.17, 15) is 62.2 Å². The molecule has 0 amide bonds. The molecular formula is C26H18AsF13O2. The molecule has 0 spiro atoms. The molecule has 0 heterocycles. The number of hydrogen-bond donors (Lipinski definition) is 1. The van der Waals surface area contributed by atoms with Crippen molar-refractivity contribution in [2.75, 3.05) is 0 Å². The van der Waals surface area contributed by atoms with Crippen molar-refractivity contribution >= 4 is 19.0 Å². The van der Waals surface area contributed by atoms with Crippen LogP contribution in [-0.4, -0.2) is 44.4 Å². The zero-order valence-electron chi connectivity index (χ0n) is 20.6. The second-order valence-corrected chi connectivity index (χ2v) is 13.7. The summed E-state index contributed by atoms with van der Waals surface area (Å²) in [4.78, 5) is 0. The molecule has 0 saturated carbocycles. The second-order valence-electron chi connectivity index (χ2n) is 8.91. The van der Waals surface area contributed by atoms with Gasteiger partial charge in [-0.25, -0.2) is 0 Å². The van der Waals surface area contributed by atoms with Crippen LogP contribution in [0, 0.1) is 0 Å². The summed E-state index contributed by atoms with van der Waals surface area (Å²) in [5.41, 5.74) is -3.05. The summed E-state index contributed by atoms with van der Waals surface area (Å²) in [5.74, 6) is -11.2. The molecule has 0 fully saturated rings. The Labute approximate surface area is 234 Å². The van der Waals surface area contributed by atoms with Crippen LogP contribution in [0.4, 0.5) is 57.1 Å². The van der Waals surface area contributed by atoms with Gasteiger partial charge in [-0.15, -0.1) is 0 Å². The molecule has 42 heavy (non-hydrogen) atoms. The Morgan fingerprint density at radius 3 is 1.62 bits per heavy atom. The summed E-state index contributed by atoms with van der Waals surface area (Å²) in [6, 6.07) is 10.7. The van der Waals surface area contributed by atoms with Crippen LogP contribution >= 0.6 is 0 Å². The van der Waals surface area contributed by atoms with Gasteiger partial charge in [-0.3, -0.25) is 0 Å². The Balaban J connectivity index is 1.96. The molecule has 0 radical (unpaired) electrons. The van der Waals surface area contributed by atoms with Gasteiger partial charge >= 0.3 is 234 Å². The fourth-order valence-electron chi connectivity index (χ4n) is 3.62. The van der Waals surface area contributed by atoms with E-state index in [-0.39, 0.29) is 15.7 Å². The van der Waals surface area contributed by atoms with E-state index in [2.05, 4.69) is 0 Å². The zero-order chi connectivity index (χ0) is 31.7. The van der Waals surface area contributed by atoms with Crippen LogP contribution in [-0.2, 0) is 17.1 Å². The summed E-state index contributed by atoms with van der Waals surface area (Å²) in [7, 11) is 0. The maximum atomic E-state index is 13.9. The van der Waals surface area contributed by atoms with E-state index in [1.54, 1.807) is 0 Å². The predicted octanol–water partition coefficient (Wildman–Crippen LogP) is 8.19. The molecule has 16 heteroatoms. The fourth-order valence-corrected chi connectivity index (χ4v) is 8.64. The molecule has 1 unspecified atom stereocenters. The first-order valence-corrected chi connectivity index (χ1v) is 15.1. The van der Waals surface area contributed by atoms with Crippen molar-refractivity contribution in [2.24, 2.45) is 0 Å². The molecule has 0 bridgehead atoms. The van der Waals surface area contributed by atoms with Crippen LogP contribution in [0.3, 0.4) is 0 Å². The normalized spacial score (nSPS) is 14.9. The summed E-state index contributed by atoms with van der Waals surface area (Å²) in [5, 5.41) is 8.37. The number of aliphatic hydroxyl groups is 1. The van der Waals surface area contributed by atoms with Crippen molar-refractivity contribution in [3.05, 3.63) is 89.5 Å². The molecular weight excluding hydrogens is 666 g/mol. The first-order chi connectivity index (χ1) is 19.1. The van der Waals surface area contributed by atoms with Crippen LogP contribution < -0.4 is 9.09 Å². The fraction of sp³-hybridized carbons (Fsp3) is 0.308. The molecule has 0 aliphatic carbocycles. The number of halogens is 13. The van der Waals surface area contributed by atoms with Gasteiger partial charge in [-0.05, 0) is 0 Å². The summed E-state index contributed by atoms with van der Waals surface area (Å²) in [6.45, 7) is 0. The van der Waals surface area contributed by atoms with E-state index < -0.39 is 78.4 Å². The minimum atomic E-state index is -5.94. The van der Waals surface area contributed by atoms with E-state index in [4.69, 9.17) is 4.74 Å². The van der Waals surface area contributed by atoms with Crippen molar-refractivity contribution in [3.8, 4) is 11.5 Å². The van der Waals surface area contributed by atoms with Crippen molar-refractivity contribution in [1.29, 1.82) is 0 Å². The van der Waals surface area contributed by atoms with Gasteiger partial charge < -0.3 is 0 Å². The molecule has 0 aliphatic heterocycles. The van der Waals surface area contributed by atoms with Crippen LogP contribution in [0.5, 0.6) is 11.5 Å². The monoisotopic (exact) mass is 684 g/mol. The predicted molar refractivity (Wildman–Crippen MR) is 125 cm³/mol. The minimum absolute atomic E-state index is 0.105. The molecule has 0 saturated heterocycles. The van der Waals surface area contributed by atoms with E-state index in [1.807, 2.05) is 0 Å². The van der Waals surface area contributed by atoms with Gasteiger partial charge in [-0.2, -0.15) is 0 Å². The number of aliphatic hydroxyl groups excluding tert-OH is 1. The molecule has 3 aromatic rings. The quantitative estimate of drug-likeness (QED) is 0.182. The Bertz CT molecular complexity index is 1370. The zero-order valence-corrected chi connectivity index (χ0v) is 22.5. The molecule has 230 valence electrons. The van der Waals surface area contributed by atoms with Crippen LogP contribution in [0.15, 0.2) is 72.8 Å². The average molecular weight is 684 g/mol. The first-order valence-electron chi connectivity index (χ1n) is 11.5. The third kappa shape index (κ3) is 7.71. The van der Waals surface area contributed by atoms with Crippen LogP contribution in [0.25, 0.3) is 0 Å². The van der Waals surface area contributed by atoms with Crippen molar-refractivity contribution < 1.29 is 66.9 Å². The third-order valence-electron chi connectivity index (χ3n) is 5.76. The molecule has 3 aromatic carbocycles. The topological polar surface area (TPSA) is 29.5 Å². The Kier molecular flexibility index (Phi) is 9.58. The SMILES string of the molecule is O[C@@H](C[As](Cc1cccc(C(F)(F)C(F)(F)F)c1)c1cccc(Oc2cccc(C(F)(F)C(F)(F)F)c2)c1)C(F)(F)F. The standard InChI is InChI=1S/C26H18AsF13O2/c28-22(29,25(35,36)37)16-5-1-4-15(10-16)13-27(14-21(41)24(32,33)34)18-7-3-9-20(12-18)42-19-8-2-6-17(11-19)23(30,31)26(38,39)40/h1-12,21,41H,13-14H2/t21-,27?/m0/s1. The maximum absolute atomic E-state index is 13.9. The molecule has 2 nitrogen and oxygen atoms in total. The number of alkyl halides is 13. The van der Waals surface area contributed by atoms with Gasteiger partial charge in [0.2, 0.25) is 0 Å². The van der Waals surface area contributed by atoms with Gasteiger partial charge in [0, 0.05) is 0 Å². The van der Waals surface area contributed by atoms with E-state index in [0.717, 1.165) is 30.3 Å². The van der Waals surface area contributed by atoms with Crippen molar-refractivity contribution in [3.63, 3.8) is 0 Å².